The van der Waals surface area contributed by atoms with Crippen molar-refractivity contribution in [2.24, 2.45) is 5.92 Å². The van der Waals surface area contributed by atoms with E-state index in [9.17, 15) is 9.59 Å². The van der Waals surface area contributed by atoms with Gasteiger partial charge in [0.15, 0.2) is 5.76 Å². The highest BCUT2D eigenvalue weighted by Crippen LogP contribution is 2.39. The Labute approximate surface area is 265 Å². The first-order valence-electron chi connectivity index (χ1n) is 15.6. The number of methoxy groups -OCH3 is 1. The van der Waals surface area contributed by atoms with Crippen molar-refractivity contribution in [3.63, 3.8) is 0 Å². The van der Waals surface area contributed by atoms with E-state index >= 15 is 0 Å². The Morgan fingerprint density at radius 3 is 1.98 bits per heavy atom. The number of ether oxygens (including phenoxy) is 9. The van der Waals surface area contributed by atoms with Gasteiger partial charge in [0.05, 0.1) is 92.0 Å². The maximum absolute atomic E-state index is 13.9. The molecule has 1 aromatic carbocycles. The van der Waals surface area contributed by atoms with Crippen LogP contribution in [0.5, 0.6) is 0 Å². The van der Waals surface area contributed by atoms with Gasteiger partial charge >= 0.3 is 5.97 Å². The van der Waals surface area contributed by atoms with Crippen molar-refractivity contribution in [2.45, 2.75) is 25.6 Å². The molecule has 13 nitrogen and oxygen atoms in total. The number of hydrogen-bond donors (Lipinski definition) is 1. The molecule has 3 unspecified atom stereocenters. The minimum Gasteiger partial charge on any atom is -0.465 e. The second kappa shape index (κ2) is 22.0. The van der Waals surface area contributed by atoms with E-state index in [-0.39, 0.29) is 36.7 Å². The van der Waals surface area contributed by atoms with Gasteiger partial charge in [0.25, 0.3) is 5.91 Å². The van der Waals surface area contributed by atoms with E-state index in [1.165, 1.54) is 7.11 Å². The first kappa shape index (κ1) is 36.8. The third-order valence-corrected chi connectivity index (χ3v) is 7.26. The number of carbonyl (C=O) groups excluding carboxylic acids is 2. The van der Waals surface area contributed by atoms with Crippen LogP contribution in [0.25, 0.3) is 0 Å². The Balaban J connectivity index is 1.81. The Kier molecular flexibility index (Phi) is 18.0. The lowest BCUT2D eigenvalue weighted by Crippen LogP contribution is -2.43. The van der Waals surface area contributed by atoms with E-state index in [1.54, 1.807) is 17.0 Å². The van der Waals surface area contributed by atoms with Gasteiger partial charge in [-0.3, -0.25) is 4.79 Å². The summed E-state index contributed by atoms with van der Waals surface area (Å²) < 4.78 is 50.7. The molecule has 1 N–H and O–H groups in total. The zero-order valence-electron chi connectivity index (χ0n) is 26.5. The average molecular weight is 640 g/mol. The molecular weight excluding hydrogens is 590 g/mol. The minimum atomic E-state index is -0.719. The van der Waals surface area contributed by atoms with Crippen LogP contribution in [0.15, 0.2) is 36.1 Å². The van der Waals surface area contributed by atoms with E-state index in [2.05, 4.69) is 0 Å². The molecule has 0 saturated carbocycles. The van der Waals surface area contributed by atoms with Gasteiger partial charge in [-0.05, 0) is 37.1 Å². The zero-order chi connectivity index (χ0) is 32.1. The largest absolute Gasteiger partial charge is 0.465 e. The third-order valence-electron chi connectivity index (χ3n) is 7.26. The van der Waals surface area contributed by atoms with Crippen LogP contribution in [0.3, 0.4) is 0 Å². The number of allylic oxidation sites excluding steroid dienone is 1. The highest BCUT2D eigenvalue weighted by atomic mass is 16.7. The van der Waals surface area contributed by atoms with E-state index in [1.807, 2.05) is 25.1 Å². The van der Waals surface area contributed by atoms with Gasteiger partial charge < -0.3 is 52.6 Å². The summed E-state index contributed by atoms with van der Waals surface area (Å²) in [4.78, 5) is 27.7. The summed E-state index contributed by atoms with van der Waals surface area (Å²) in [5.74, 6) is -1.02. The molecule has 3 atom stereocenters. The first-order chi connectivity index (χ1) is 22.1. The molecule has 0 aliphatic carbocycles. The Morgan fingerprint density at radius 2 is 1.42 bits per heavy atom. The fourth-order valence-corrected chi connectivity index (χ4v) is 4.96. The summed E-state index contributed by atoms with van der Waals surface area (Å²) in [5.41, 5.74) is 1.32. The fourth-order valence-electron chi connectivity index (χ4n) is 4.96. The number of benzene rings is 1. The quantitative estimate of drug-likeness (QED) is 0.249. The molecule has 2 aliphatic heterocycles. The summed E-state index contributed by atoms with van der Waals surface area (Å²) in [7, 11) is 1.34. The van der Waals surface area contributed by atoms with Crippen LogP contribution in [0, 0.1) is 5.92 Å². The van der Waals surface area contributed by atoms with Crippen molar-refractivity contribution < 1.29 is 57.3 Å². The van der Waals surface area contributed by atoms with Gasteiger partial charge in [0, 0.05) is 38.1 Å². The molecule has 0 spiro atoms. The minimum absolute atomic E-state index is 0.0410. The van der Waals surface area contributed by atoms with Gasteiger partial charge in [-0.1, -0.05) is 12.1 Å². The van der Waals surface area contributed by atoms with Crippen molar-refractivity contribution in [3.05, 3.63) is 47.2 Å². The lowest BCUT2D eigenvalue weighted by Gasteiger charge is -2.38. The van der Waals surface area contributed by atoms with Gasteiger partial charge in [-0.2, -0.15) is 0 Å². The smallest absolute Gasteiger partial charge is 0.337 e. The van der Waals surface area contributed by atoms with Crippen molar-refractivity contribution in [2.75, 3.05) is 113 Å². The van der Waals surface area contributed by atoms with Crippen LogP contribution >= 0.6 is 0 Å². The zero-order valence-corrected chi connectivity index (χ0v) is 26.5. The highest BCUT2D eigenvalue weighted by molar-refractivity contribution is 5.92. The molecule has 1 saturated heterocycles. The number of amides is 1. The number of carbonyl (C=O) groups is 2. The topological polar surface area (TPSA) is 141 Å². The molecule has 3 rings (SSSR count). The normalized spacial score (nSPS) is 22.4. The molecule has 0 aromatic heterocycles. The Bertz CT molecular complexity index is 988. The second-order valence-corrected chi connectivity index (χ2v) is 10.3. The van der Waals surface area contributed by atoms with Crippen LogP contribution in [-0.2, 0) is 47.4 Å². The molecule has 13 heteroatoms. The van der Waals surface area contributed by atoms with Crippen LogP contribution in [0.4, 0.5) is 0 Å². The number of esters is 1. The van der Waals surface area contributed by atoms with Crippen LogP contribution in [-0.4, -0.2) is 141 Å². The van der Waals surface area contributed by atoms with Gasteiger partial charge in [0.2, 0.25) is 6.29 Å². The van der Waals surface area contributed by atoms with Gasteiger partial charge in [0.1, 0.15) is 0 Å². The molecule has 2 aliphatic rings. The second-order valence-electron chi connectivity index (χ2n) is 10.3. The molecular formula is C32H49NO12. The molecule has 2 heterocycles. The lowest BCUT2D eigenvalue weighted by molar-refractivity contribution is -0.172. The highest BCUT2D eigenvalue weighted by Gasteiger charge is 2.39. The average Bonchev–Trinajstić information content (AvgIpc) is 3.07. The maximum Gasteiger partial charge on any atom is 0.337 e. The van der Waals surface area contributed by atoms with Crippen molar-refractivity contribution in [1.82, 2.24) is 4.90 Å². The maximum atomic E-state index is 13.9. The van der Waals surface area contributed by atoms with Gasteiger partial charge in [-0.15, -0.1) is 0 Å². The summed E-state index contributed by atoms with van der Waals surface area (Å²) in [6.45, 7) is 7.63. The van der Waals surface area contributed by atoms with E-state index < -0.39 is 12.3 Å². The third kappa shape index (κ3) is 13.0. The fraction of sp³-hybridized carbons (Fsp3) is 0.688. The number of nitrogens with zero attached hydrogens (tertiary/aromatic N) is 1. The SMILES string of the molecule is CCOC1OC(C(=O)N2CCOCCOCCOCCOCC2)=CC(c2ccc(C(=O)OC)cc2)C1CCOCCOCCO. The van der Waals surface area contributed by atoms with Crippen molar-refractivity contribution >= 4 is 11.9 Å². The summed E-state index contributed by atoms with van der Waals surface area (Å²) in [6, 6.07) is 7.13. The van der Waals surface area contributed by atoms with Crippen molar-refractivity contribution in [3.8, 4) is 0 Å². The van der Waals surface area contributed by atoms with Gasteiger partial charge in [-0.25, -0.2) is 4.79 Å². The summed E-state index contributed by atoms with van der Waals surface area (Å²) >= 11 is 0. The van der Waals surface area contributed by atoms with E-state index in [0.717, 1.165) is 5.56 Å². The van der Waals surface area contributed by atoms with E-state index in [4.69, 9.17) is 47.7 Å². The van der Waals surface area contributed by atoms with Crippen LogP contribution in [0.2, 0.25) is 0 Å². The number of rotatable bonds is 13. The summed E-state index contributed by atoms with van der Waals surface area (Å²) in [5, 5.41) is 8.89. The molecule has 0 bridgehead atoms. The predicted octanol–water partition coefficient (Wildman–Crippen LogP) is 1.77. The van der Waals surface area contributed by atoms with E-state index in [0.29, 0.717) is 104 Å². The molecule has 45 heavy (non-hydrogen) atoms. The monoisotopic (exact) mass is 639 g/mol. The predicted molar refractivity (Wildman–Crippen MR) is 162 cm³/mol. The van der Waals surface area contributed by atoms with Crippen LogP contribution in [0.1, 0.15) is 35.2 Å². The lowest BCUT2D eigenvalue weighted by atomic mass is 9.81. The first-order valence-corrected chi connectivity index (χ1v) is 15.6. The summed E-state index contributed by atoms with van der Waals surface area (Å²) in [6.07, 6.45) is 1.68. The van der Waals surface area contributed by atoms with Crippen molar-refractivity contribution in [1.29, 1.82) is 0 Å². The standard InChI is InChI=1S/C32H49NO12/c1-3-44-32-27(8-12-38-16-19-41-15-11-34)28(25-4-6-26(7-5-25)31(36)37-2)24-29(45-32)30(35)33-9-13-39-17-20-42-22-23-43-21-18-40-14-10-33/h4-7,24,27-28,32,34H,3,8-23H2,1-2H3. The Hall–Kier alpha value is -2.62. The van der Waals surface area contributed by atoms with Crippen LogP contribution < -0.4 is 0 Å². The molecule has 254 valence electrons. The molecule has 1 amide bonds. The number of aliphatic hydroxyl groups is 1. The Morgan fingerprint density at radius 1 is 0.844 bits per heavy atom. The molecule has 0 radical (unpaired) electrons. The molecule has 1 fully saturated rings. The molecule has 1 aromatic rings. The number of aliphatic hydroxyl groups excluding tert-OH is 1. The number of hydrogen-bond acceptors (Lipinski definition) is 12.